The average molecular weight is 474 g/mol. The first-order chi connectivity index (χ1) is 8.70. The molecule has 1 aliphatic carbocycles. The Morgan fingerprint density at radius 1 is 1.22 bits per heavy atom. The summed E-state index contributed by atoms with van der Waals surface area (Å²) in [5.74, 6) is 1.11. The summed E-state index contributed by atoms with van der Waals surface area (Å²) in [6.07, 6.45) is 5.77. The van der Waals surface area contributed by atoms with Crippen molar-refractivity contribution in [2.75, 3.05) is 4.43 Å². The molecule has 0 N–H and O–H groups in total. The summed E-state index contributed by atoms with van der Waals surface area (Å²) < 4.78 is 13.0. The molecule has 3 fully saturated rings. The number of carbonyl (C=O) groups is 1. The monoisotopic (exact) mass is 474 g/mol. The molecular weight excluding hydrogens is 458 g/mol. The fraction of sp³-hybridized carbons (Fsp3) is 0.769. The highest BCUT2D eigenvalue weighted by atomic mass is 127. The van der Waals surface area contributed by atoms with Crippen molar-refractivity contribution in [3.63, 3.8) is 0 Å². The van der Waals surface area contributed by atoms with E-state index < -0.39 is 0 Å². The Morgan fingerprint density at radius 2 is 2.06 bits per heavy atom. The van der Waals surface area contributed by atoms with E-state index in [1.54, 1.807) is 0 Å². The Morgan fingerprint density at radius 3 is 2.78 bits per heavy atom. The van der Waals surface area contributed by atoms with Crippen LogP contribution in [0.25, 0.3) is 0 Å². The zero-order valence-corrected chi connectivity index (χ0v) is 14.3. The molecular formula is C13H16I2O3. The average Bonchev–Trinajstić information content (AvgIpc) is 2.93. The Labute approximate surface area is 134 Å². The van der Waals surface area contributed by atoms with Gasteiger partial charge in [0.05, 0.1) is 5.57 Å². The molecule has 0 spiro atoms. The first kappa shape index (κ1) is 13.5. The zero-order chi connectivity index (χ0) is 12.7. The largest absolute Gasteiger partial charge is 0.493 e. The second kappa shape index (κ2) is 5.46. The van der Waals surface area contributed by atoms with Crippen LogP contribution in [0.5, 0.6) is 0 Å². The van der Waals surface area contributed by atoms with Gasteiger partial charge in [0.2, 0.25) is 0 Å². The van der Waals surface area contributed by atoms with Crippen molar-refractivity contribution in [2.24, 2.45) is 5.92 Å². The summed E-state index contributed by atoms with van der Waals surface area (Å²) in [5, 5.41) is 0. The fourth-order valence-electron chi connectivity index (χ4n) is 3.15. The number of carbonyl (C=O) groups excluding carboxylic acids is 1. The van der Waals surface area contributed by atoms with E-state index in [2.05, 4.69) is 45.2 Å². The smallest absolute Gasteiger partial charge is 0.338 e. The number of hydrogen-bond donors (Lipinski definition) is 0. The van der Waals surface area contributed by atoms with Crippen LogP contribution in [-0.2, 0) is 14.3 Å². The van der Waals surface area contributed by atoms with Crippen LogP contribution in [-0.4, -0.2) is 26.5 Å². The third kappa shape index (κ3) is 2.29. The van der Waals surface area contributed by atoms with Gasteiger partial charge in [-0.1, -0.05) is 51.6 Å². The molecule has 3 aliphatic rings. The fourth-order valence-corrected chi connectivity index (χ4v) is 4.86. The van der Waals surface area contributed by atoms with Crippen molar-refractivity contribution < 1.29 is 14.3 Å². The molecule has 2 aliphatic heterocycles. The van der Waals surface area contributed by atoms with Crippen molar-refractivity contribution in [1.29, 1.82) is 0 Å². The Kier molecular flexibility index (Phi) is 4.08. The van der Waals surface area contributed by atoms with Crippen LogP contribution >= 0.6 is 45.2 Å². The molecule has 0 aromatic heterocycles. The summed E-state index contributed by atoms with van der Waals surface area (Å²) in [5.41, 5.74) is 0.869. The molecule has 0 aromatic rings. The third-order valence-corrected chi connectivity index (χ3v) is 6.37. The first-order valence-electron chi connectivity index (χ1n) is 6.51. The quantitative estimate of drug-likeness (QED) is 0.253. The summed E-state index contributed by atoms with van der Waals surface area (Å²) in [4.78, 5) is 12.1. The molecule has 0 aromatic carbocycles. The number of fused-ring (bicyclic) bond motifs is 1. The van der Waals surface area contributed by atoms with Crippen molar-refractivity contribution in [2.45, 2.75) is 48.2 Å². The van der Waals surface area contributed by atoms with E-state index in [4.69, 9.17) is 9.47 Å². The van der Waals surface area contributed by atoms with E-state index in [0.717, 1.165) is 41.4 Å². The minimum Gasteiger partial charge on any atom is -0.493 e. The van der Waals surface area contributed by atoms with Gasteiger partial charge in [0.15, 0.2) is 0 Å². The van der Waals surface area contributed by atoms with E-state index in [9.17, 15) is 4.79 Å². The third-order valence-electron chi connectivity index (χ3n) is 4.06. The van der Waals surface area contributed by atoms with E-state index in [1.807, 2.05) is 0 Å². The van der Waals surface area contributed by atoms with Crippen LogP contribution in [0.3, 0.4) is 0 Å². The Bertz CT molecular complexity index is 394. The molecule has 18 heavy (non-hydrogen) atoms. The van der Waals surface area contributed by atoms with Gasteiger partial charge in [-0.2, -0.15) is 0 Å². The SMILES string of the molecule is O=C1OC2C(I)CCCC2/C1=C1\CCC(CI)O1. The van der Waals surface area contributed by atoms with E-state index in [1.165, 1.54) is 6.42 Å². The molecule has 0 bridgehead atoms. The highest BCUT2D eigenvalue weighted by Gasteiger charge is 2.47. The highest BCUT2D eigenvalue weighted by Crippen LogP contribution is 2.44. The standard InChI is InChI=1S/C13H16I2O3/c14-6-7-4-5-10(17-7)11-8-2-1-3-9(15)12(8)18-13(11)16/h7-9,12H,1-6H2/b11-10-. The summed E-state index contributed by atoms with van der Waals surface area (Å²) in [6, 6.07) is 0. The number of hydrogen-bond acceptors (Lipinski definition) is 3. The van der Waals surface area contributed by atoms with Gasteiger partial charge in [-0.05, 0) is 19.3 Å². The molecule has 4 unspecified atom stereocenters. The number of halogens is 2. The van der Waals surface area contributed by atoms with Gasteiger partial charge in [-0.25, -0.2) is 4.79 Å². The van der Waals surface area contributed by atoms with Gasteiger partial charge in [0.1, 0.15) is 18.0 Å². The molecule has 2 heterocycles. The number of alkyl halides is 2. The second-order valence-electron chi connectivity index (χ2n) is 5.19. The summed E-state index contributed by atoms with van der Waals surface area (Å²) in [7, 11) is 0. The number of allylic oxidation sites excluding steroid dienone is 1. The second-order valence-corrected chi connectivity index (χ2v) is 7.67. The maximum atomic E-state index is 12.1. The highest BCUT2D eigenvalue weighted by molar-refractivity contribution is 14.1. The van der Waals surface area contributed by atoms with Crippen molar-refractivity contribution in [3.05, 3.63) is 11.3 Å². The molecule has 4 atom stereocenters. The molecule has 3 rings (SSSR count). The van der Waals surface area contributed by atoms with Gasteiger partial charge in [0.25, 0.3) is 0 Å². The van der Waals surface area contributed by atoms with Gasteiger partial charge < -0.3 is 9.47 Å². The summed E-state index contributed by atoms with van der Waals surface area (Å²) in [6.45, 7) is 0. The lowest BCUT2D eigenvalue weighted by atomic mass is 9.82. The van der Waals surface area contributed by atoms with Gasteiger partial charge in [0, 0.05) is 20.7 Å². The zero-order valence-electron chi connectivity index (χ0n) is 10.0. The molecule has 3 nitrogen and oxygen atoms in total. The minimum absolute atomic E-state index is 0.0941. The van der Waals surface area contributed by atoms with Crippen molar-refractivity contribution in [1.82, 2.24) is 0 Å². The predicted octanol–water partition coefficient (Wildman–Crippen LogP) is 3.38. The molecule has 0 amide bonds. The molecule has 2 saturated heterocycles. The Balaban J connectivity index is 1.87. The van der Waals surface area contributed by atoms with Crippen molar-refractivity contribution in [3.8, 4) is 0 Å². The predicted molar refractivity (Wildman–Crippen MR) is 85.0 cm³/mol. The van der Waals surface area contributed by atoms with Gasteiger partial charge in [-0.15, -0.1) is 0 Å². The van der Waals surface area contributed by atoms with Crippen LogP contribution in [0.1, 0.15) is 32.1 Å². The van der Waals surface area contributed by atoms with Gasteiger partial charge >= 0.3 is 5.97 Å². The Hall–Kier alpha value is 0.470. The molecule has 0 radical (unpaired) electrons. The van der Waals surface area contributed by atoms with E-state index in [-0.39, 0.29) is 18.0 Å². The van der Waals surface area contributed by atoms with Crippen LogP contribution in [0, 0.1) is 5.92 Å². The molecule has 1 saturated carbocycles. The van der Waals surface area contributed by atoms with Crippen LogP contribution in [0.2, 0.25) is 0 Å². The van der Waals surface area contributed by atoms with Crippen LogP contribution in [0.4, 0.5) is 0 Å². The lowest BCUT2D eigenvalue weighted by Gasteiger charge is -2.28. The van der Waals surface area contributed by atoms with Crippen molar-refractivity contribution >= 4 is 51.2 Å². The van der Waals surface area contributed by atoms with Crippen LogP contribution < -0.4 is 0 Å². The minimum atomic E-state index is -0.113. The van der Waals surface area contributed by atoms with E-state index >= 15 is 0 Å². The summed E-state index contributed by atoms with van der Waals surface area (Å²) >= 11 is 4.77. The van der Waals surface area contributed by atoms with Crippen LogP contribution in [0.15, 0.2) is 11.3 Å². The first-order valence-corrected chi connectivity index (χ1v) is 9.28. The lowest BCUT2D eigenvalue weighted by molar-refractivity contribution is -0.139. The maximum absolute atomic E-state index is 12.1. The number of ether oxygens (including phenoxy) is 2. The normalized spacial score (nSPS) is 43.6. The van der Waals surface area contributed by atoms with Gasteiger partial charge in [-0.3, -0.25) is 0 Å². The molecule has 100 valence electrons. The number of rotatable bonds is 1. The van der Waals surface area contributed by atoms with E-state index in [0.29, 0.717) is 10.0 Å². The maximum Gasteiger partial charge on any atom is 0.338 e. The molecule has 5 heteroatoms. The lowest BCUT2D eigenvalue weighted by Crippen LogP contribution is -2.31. The topological polar surface area (TPSA) is 35.5 Å². The number of esters is 1.